The van der Waals surface area contributed by atoms with E-state index in [1.165, 1.54) is 5.57 Å². The van der Waals surface area contributed by atoms with Crippen LogP contribution in [0.5, 0.6) is 0 Å². The van der Waals surface area contributed by atoms with Crippen molar-refractivity contribution in [2.75, 3.05) is 20.6 Å². The van der Waals surface area contributed by atoms with Crippen molar-refractivity contribution in [1.29, 1.82) is 0 Å². The zero-order valence-electron chi connectivity index (χ0n) is 17.2. The Hall–Kier alpha value is -0.640. The van der Waals surface area contributed by atoms with E-state index in [0.29, 0.717) is 17.8 Å². The topological polar surface area (TPSA) is 43.7 Å². The van der Waals surface area contributed by atoms with E-state index in [9.17, 15) is 10.2 Å². The molecule has 7 atom stereocenters. The minimum absolute atomic E-state index is 0.0761. The standard InChI is InChI=1S/C23H39NO2/c1-16-8-9-19-21(26)20(11-13-22(16,19)2)23(3)12-10-18(25)15-17(23)7-6-14-24(4)5/h6-7,17-21,25-26H,1,8-15H2,2-5H3/b7-6-/t17-,18-,19?,20?,21-,22+,23-/m0/s1. The van der Waals surface area contributed by atoms with Gasteiger partial charge in [0.15, 0.2) is 0 Å². The van der Waals surface area contributed by atoms with Crippen LogP contribution in [-0.4, -0.2) is 48.0 Å². The lowest BCUT2D eigenvalue weighted by molar-refractivity contribution is -0.110. The van der Waals surface area contributed by atoms with Gasteiger partial charge in [-0.2, -0.15) is 0 Å². The molecule has 0 aromatic heterocycles. The highest BCUT2D eigenvalue weighted by molar-refractivity contribution is 5.21. The van der Waals surface area contributed by atoms with E-state index in [-0.39, 0.29) is 23.0 Å². The predicted octanol–water partition coefficient (Wildman–Crippen LogP) is 4.01. The molecule has 0 heterocycles. The third-order valence-electron chi connectivity index (χ3n) is 8.26. The first-order chi connectivity index (χ1) is 12.2. The van der Waals surface area contributed by atoms with Crippen molar-refractivity contribution < 1.29 is 10.2 Å². The molecule has 3 aliphatic rings. The number of hydrogen-bond acceptors (Lipinski definition) is 3. The first-order valence-corrected chi connectivity index (χ1v) is 10.5. The maximum absolute atomic E-state index is 11.4. The zero-order chi connectivity index (χ0) is 19.1. The van der Waals surface area contributed by atoms with Crippen molar-refractivity contribution in [3.63, 3.8) is 0 Å². The van der Waals surface area contributed by atoms with Crippen LogP contribution in [0.1, 0.15) is 58.8 Å². The molecule has 148 valence electrons. The molecule has 0 aliphatic heterocycles. The summed E-state index contributed by atoms with van der Waals surface area (Å²) in [6.07, 6.45) is 11.3. The van der Waals surface area contributed by atoms with Gasteiger partial charge in [0.25, 0.3) is 0 Å². The van der Waals surface area contributed by atoms with E-state index in [2.05, 4.69) is 51.6 Å². The summed E-state index contributed by atoms with van der Waals surface area (Å²) in [5, 5.41) is 21.7. The van der Waals surface area contributed by atoms with Gasteiger partial charge in [-0.3, -0.25) is 0 Å². The monoisotopic (exact) mass is 361 g/mol. The van der Waals surface area contributed by atoms with Gasteiger partial charge in [-0.05, 0) is 87.6 Å². The number of hydrogen-bond donors (Lipinski definition) is 2. The quantitative estimate of drug-likeness (QED) is 0.744. The molecule has 3 aliphatic carbocycles. The Labute approximate surface area is 160 Å². The van der Waals surface area contributed by atoms with E-state index in [1.807, 2.05) is 0 Å². The zero-order valence-corrected chi connectivity index (χ0v) is 17.2. The summed E-state index contributed by atoms with van der Waals surface area (Å²) in [6.45, 7) is 9.95. The molecule has 0 spiro atoms. The van der Waals surface area contributed by atoms with Gasteiger partial charge in [0.2, 0.25) is 0 Å². The number of nitrogens with zero attached hydrogens (tertiary/aromatic N) is 1. The van der Waals surface area contributed by atoms with Gasteiger partial charge in [-0.1, -0.05) is 38.2 Å². The Morgan fingerprint density at radius 1 is 1.12 bits per heavy atom. The first kappa shape index (κ1) is 20.1. The maximum Gasteiger partial charge on any atom is 0.0610 e. The van der Waals surface area contributed by atoms with E-state index in [4.69, 9.17) is 0 Å². The molecular formula is C23H39NO2. The molecule has 3 heteroatoms. The Balaban J connectivity index is 1.82. The normalized spacial score (nSPS) is 46.9. The van der Waals surface area contributed by atoms with E-state index < -0.39 is 0 Å². The SMILES string of the molecule is C=C1CCC2[C@H](O)C([C@@]3(C)CC[C@H](O)C[C@@H]3/C=C\CN(C)C)CC[C@]12C. The van der Waals surface area contributed by atoms with Gasteiger partial charge in [-0.15, -0.1) is 0 Å². The summed E-state index contributed by atoms with van der Waals surface area (Å²) in [5.41, 5.74) is 1.57. The van der Waals surface area contributed by atoms with Crippen LogP contribution < -0.4 is 0 Å². The Morgan fingerprint density at radius 3 is 2.54 bits per heavy atom. The van der Waals surface area contributed by atoms with Gasteiger partial charge < -0.3 is 15.1 Å². The average molecular weight is 362 g/mol. The lowest BCUT2D eigenvalue weighted by Crippen LogP contribution is -2.52. The summed E-state index contributed by atoms with van der Waals surface area (Å²) in [6, 6.07) is 0. The van der Waals surface area contributed by atoms with Crippen molar-refractivity contribution in [2.24, 2.45) is 28.6 Å². The minimum atomic E-state index is -0.238. The van der Waals surface area contributed by atoms with Gasteiger partial charge in [0.1, 0.15) is 0 Å². The number of aliphatic hydroxyl groups excluding tert-OH is 2. The summed E-state index contributed by atoms with van der Waals surface area (Å²) in [5.74, 6) is 1.04. The highest BCUT2D eigenvalue weighted by atomic mass is 16.3. The molecule has 3 fully saturated rings. The smallest absolute Gasteiger partial charge is 0.0610 e. The molecule has 26 heavy (non-hydrogen) atoms. The molecule has 0 aromatic carbocycles. The van der Waals surface area contributed by atoms with Gasteiger partial charge in [0.05, 0.1) is 12.2 Å². The maximum atomic E-state index is 11.4. The van der Waals surface area contributed by atoms with Crippen molar-refractivity contribution >= 4 is 0 Å². The molecule has 0 aromatic rings. The highest BCUT2D eigenvalue weighted by Gasteiger charge is 2.56. The van der Waals surface area contributed by atoms with Crippen LogP contribution >= 0.6 is 0 Å². The average Bonchev–Trinajstić information content (AvgIpc) is 2.87. The summed E-state index contributed by atoms with van der Waals surface area (Å²) < 4.78 is 0. The number of likely N-dealkylation sites (N-methyl/N-ethyl adjacent to an activating group) is 1. The van der Waals surface area contributed by atoms with E-state index >= 15 is 0 Å². The van der Waals surface area contributed by atoms with Crippen LogP contribution in [0.3, 0.4) is 0 Å². The number of aliphatic hydroxyl groups is 2. The predicted molar refractivity (Wildman–Crippen MR) is 108 cm³/mol. The molecule has 0 bridgehead atoms. The lowest BCUT2D eigenvalue weighted by Gasteiger charge is -2.54. The Morgan fingerprint density at radius 2 is 1.85 bits per heavy atom. The van der Waals surface area contributed by atoms with Gasteiger partial charge in [0, 0.05) is 6.54 Å². The fourth-order valence-electron chi connectivity index (χ4n) is 6.27. The van der Waals surface area contributed by atoms with E-state index in [1.54, 1.807) is 0 Å². The molecule has 3 rings (SSSR count). The number of allylic oxidation sites excluding steroid dienone is 2. The summed E-state index contributed by atoms with van der Waals surface area (Å²) in [4.78, 5) is 2.16. The molecule has 2 unspecified atom stereocenters. The molecule has 0 radical (unpaired) electrons. The number of fused-ring (bicyclic) bond motifs is 1. The fraction of sp³-hybridized carbons (Fsp3) is 0.826. The van der Waals surface area contributed by atoms with Crippen LogP contribution in [0.2, 0.25) is 0 Å². The molecule has 0 saturated heterocycles. The molecule has 3 saturated carbocycles. The lowest BCUT2D eigenvalue weighted by atomic mass is 9.52. The van der Waals surface area contributed by atoms with Gasteiger partial charge >= 0.3 is 0 Å². The third-order valence-corrected chi connectivity index (χ3v) is 8.26. The highest BCUT2D eigenvalue weighted by Crippen LogP contribution is 2.61. The first-order valence-electron chi connectivity index (χ1n) is 10.5. The second kappa shape index (κ2) is 7.41. The van der Waals surface area contributed by atoms with Crippen LogP contribution in [0.15, 0.2) is 24.3 Å². The van der Waals surface area contributed by atoms with Crippen molar-refractivity contribution in [3.05, 3.63) is 24.3 Å². The largest absolute Gasteiger partial charge is 0.393 e. The molecule has 2 N–H and O–H groups in total. The summed E-state index contributed by atoms with van der Waals surface area (Å²) >= 11 is 0. The summed E-state index contributed by atoms with van der Waals surface area (Å²) in [7, 11) is 4.16. The Kier molecular flexibility index (Phi) is 5.73. The van der Waals surface area contributed by atoms with Crippen molar-refractivity contribution in [3.8, 4) is 0 Å². The van der Waals surface area contributed by atoms with Crippen LogP contribution in [-0.2, 0) is 0 Å². The van der Waals surface area contributed by atoms with Crippen LogP contribution in [0, 0.1) is 28.6 Å². The van der Waals surface area contributed by atoms with Gasteiger partial charge in [-0.25, -0.2) is 0 Å². The molecular weight excluding hydrogens is 322 g/mol. The minimum Gasteiger partial charge on any atom is -0.393 e. The van der Waals surface area contributed by atoms with E-state index in [0.717, 1.165) is 51.5 Å². The van der Waals surface area contributed by atoms with Crippen LogP contribution in [0.4, 0.5) is 0 Å². The molecule has 0 amide bonds. The molecule has 3 nitrogen and oxygen atoms in total. The second-order valence-corrected chi connectivity index (χ2v) is 10.0. The Bertz CT molecular complexity index is 556. The van der Waals surface area contributed by atoms with Crippen LogP contribution in [0.25, 0.3) is 0 Å². The fourth-order valence-corrected chi connectivity index (χ4v) is 6.27. The second-order valence-electron chi connectivity index (χ2n) is 10.0. The third kappa shape index (κ3) is 3.43. The number of rotatable bonds is 4. The van der Waals surface area contributed by atoms with Crippen molar-refractivity contribution in [1.82, 2.24) is 4.90 Å². The van der Waals surface area contributed by atoms with Crippen molar-refractivity contribution in [2.45, 2.75) is 71.0 Å².